The summed E-state index contributed by atoms with van der Waals surface area (Å²) in [5.74, 6) is -0.581. The number of halogens is 1. The van der Waals surface area contributed by atoms with E-state index in [-0.39, 0.29) is 5.75 Å². The van der Waals surface area contributed by atoms with Gasteiger partial charge in [-0.15, -0.1) is 0 Å². The summed E-state index contributed by atoms with van der Waals surface area (Å²) in [6.45, 7) is 0. The third-order valence-electron chi connectivity index (χ3n) is 1.76. The molecule has 3 nitrogen and oxygen atoms in total. The highest BCUT2D eigenvalue weighted by Gasteiger charge is 2.13. The highest BCUT2D eigenvalue weighted by Crippen LogP contribution is 2.13. The smallest absolute Gasteiger partial charge is 0.149 e. The Morgan fingerprint density at radius 3 is 2.64 bits per heavy atom. The molecule has 0 saturated heterocycles. The van der Waals surface area contributed by atoms with Crippen LogP contribution >= 0.6 is 0 Å². The van der Waals surface area contributed by atoms with Crippen molar-refractivity contribution in [2.24, 2.45) is 5.73 Å². The van der Waals surface area contributed by atoms with Crippen LogP contribution in [0.1, 0.15) is 11.6 Å². The highest BCUT2D eigenvalue weighted by molar-refractivity contribution is 7.90. The Bertz CT molecular complexity index is 417. The van der Waals surface area contributed by atoms with Gasteiger partial charge in [-0.2, -0.15) is 0 Å². The number of hydrogen-bond acceptors (Lipinski definition) is 3. The summed E-state index contributed by atoms with van der Waals surface area (Å²) in [4.78, 5) is 0. The van der Waals surface area contributed by atoms with E-state index in [0.29, 0.717) is 5.56 Å². The van der Waals surface area contributed by atoms with E-state index in [1.807, 2.05) is 0 Å². The van der Waals surface area contributed by atoms with Crippen molar-refractivity contribution in [3.8, 4) is 0 Å². The van der Waals surface area contributed by atoms with Gasteiger partial charge in [0.2, 0.25) is 0 Å². The Morgan fingerprint density at radius 2 is 2.14 bits per heavy atom. The maximum Gasteiger partial charge on any atom is 0.149 e. The lowest BCUT2D eigenvalue weighted by Crippen LogP contribution is -2.20. The molecule has 1 unspecified atom stereocenters. The molecule has 0 aliphatic rings. The molecule has 0 saturated carbocycles. The first-order valence-corrected chi connectivity index (χ1v) is 6.13. The third-order valence-corrected chi connectivity index (χ3v) is 2.72. The molecule has 14 heavy (non-hydrogen) atoms. The Morgan fingerprint density at radius 1 is 1.50 bits per heavy atom. The zero-order chi connectivity index (χ0) is 10.8. The molecule has 0 aromatic heterocycles. The van der Waals surface area contributed by atoms with Crippen LogP contribution in [0.2, 0.25) is 0 Å². The van der Waals surface area contributed by atoms with Crippen LogP contribution in [0.5, 0.6) is 0 Å². The van der Waals surface area contributed by atoms with Crippen molar-refractivity contribution >= 4 is 9.84 Å². The molecule has 1 aromatic carbocycles. The van der Waals surface area contributed by atoms with E-state index in [0.717, 1.165) is 6.26 Å². The van der Waals surface area contributed by atoms with Gasteiger partial charge in [-0.1, -0.05) is 12.1 Å². The molecule has 78 valence electrons. The lowest BCUT2D eigenvalue weighted by molar-refractivity contribution is 0.592. The fourth-order valence-corrected chi connectivity index (χ4v) is 2.00. The van der Waals surface area contributed by atoms with Crippen LogP contribution in [0.15, 0.2) is 24.3 Å². The Kier molecular flexibility index (Phi) is 3.23. The molecular weight excluding hydrogens is 205 g/mol. The van der Waals surface area contributed by atoms with Gasteiger partial charge >= 0.3 is 0 Å². The second kappa shape index (κ2) is 4.06. The average molecular weight is 217 g/mol. The summed E-state index contributed by atoms with van der Waals surface area (Å²) >= 11 is 0. The number of hydrogen-bond donors (Lipinski definition) is 1. The number of sulfone groups is 1. The van der Waals surface area contributed by atoms with Crippen LogP contribution in [0.25, 0.3) is 0 Å². The van der Waals surface area contributed by atoms with E-state index >= 15 is 0 Å². The van der Waals surface area contributed by atoms with Gasteiger partial charge in [0, 0.05) is 12.3 Å². The monoisotopic (exact) mass is 217 g/mol. The quantitative estimate of drug-likeness (QED) is 0.817. The van der Waals surface area contributed by atoms with Crippen molar-refractivity contribution in [1.29, 1.82) is 0 Å². The largest absolute Gasteiger partial charge is 0.323 e. The van der Waals surface area contributed by atoms with E-state index in [4.69, 9.17) is 5.73 Å². The van der Waals surface area contributed by atoms with E-state index in [2.05, 4.69) is 0 Å². The summed E-state index contributed by atoms with van der Waals surface area (Å²) in [6.07, 6.45) is 1.10. The van der Waals surface area contributed by atoms with Crippen molar-refractivity contribution in [1.82, 2.24) is 0 Å². The van der Waals surface area contributed by atoms with E-state index in [9.17, 15) is 12.8 Å². The molecule has 0 spiro atoms. The first-order valence-electron chi connectivity index (χ1n) is 4.07. The predicted octanol–water partition coefficient (Wildman–Crippen LogP) is 0.870. The predicted molar refractivity (Wildman–Crippen MR) is 53.0 cm³/mol. The van der Waals surface area contributed by atoms with Gasteiger partial charge in [-0.3, -0.25) is 0 Å². The van der Waals surface area contributed by atoms with Crippen LogP contribution in [0.3, 0.4) is 0 Å². The maximum absolute atomic E-state index is 12.8. The Balaban J connectivity index is 2.85. The molecular formula is C9H12FNO2S. The fourth-order valence-electron chi connectivity index (χ4n) is 1.16. The summed E-state index contributed by atoms with van der Waals surface area (Å²) in [5, 5.41) is 0. The van der Waals surface area contributed by atoms with Crippen LogP contribution in [-0.4, -0.2) is 20.4 Å². The molecule has 0 heterocycles. The zero-order valence-electron chi connectivity index (χ0n) is 7.77. The molecule has 0 radical (unpaired) electrons. The molecule has 1 atom stereocenters. The average Bonchev–Trinajstić information content (AvgIpc) is 2.01. The molecule has 2 N–H and O–H groups in total. The number of nitrogens with two attached hydrogens (primary N) is 1. The van der Waals surface area contributed by atoms with Crippen molar-refractivity contribution in [3.05, 3.63) is 35.6 Å². The summed E-state index contributed by atoms with van der Waals surface area (Å²) in [6, 6.07) is 4.99. The van der Waals surface area contributed by atoms with Gasteiger partial charge in [0.25, 0.3) is 0 Å². The molecule has 1 aromatic rings. The lowest BCUT2D eigenvalue weighted by atomic mass is 10.1. The van der Waals surface area contributed by atoms with Gasteiger partial charge in [-0.05, 0) is 17.7 Å². The number of rotatable bonds is 3. The van der Waals surface area contributed by atoms with Crippen molar-refractivity contribution in [2.75, 3.05) is 12.0 Å². The molecule has 0 amide bonds. The lowest BCUT2D eigenvalue weighted by Gasteiger charge is -2.10. The summed E-state index contributed by atoms with van der Waals surface area (Å²) in [5.41, 5.74) is 6.10. The Labute approximate surface area is 82.7 Å². The Hall–Kier alpha value is -0.940. The van der Waals surface area contributed by atoms with Crippen LogP contribution in [-0.2, 0) is 9.84 Å². The van der Waals surface area contributed by atoms with E-state index < -0.39 is 21.7 Å². The summed E-state index contributed by atoms with van der Waals surface area (Å²) < 4.78 is 34.6. The topological polar surface area (TPSA) is 60.2 Å². The molecule has 1 rings (SSSR count). The van der Waals surface area contributed by atoms with E-state index in [1.165, 1.54) is 18.2 Å². The molecule has 5 heteroatoms. The standard InChI is InChI=1S/C9H12FNO2S/c1-14(12,13)6-9(11)7-3-2-4-8(10)5-7/h2-5,9H,6,11H2,1H3. The second-order valence-electron chi connectivity index (χ2n) is 3.25. The molecule has 0 bridgehead atoms. The van der Waals surface area contributed by atoms with Gasteiger partial charge in [0.15, 0.2) is 0 Å². The summed E-state index contributed by atoms with van der Waals surface area (Å²) in [7, 11) is -3.13. The van der Waals surface area contributed by atoms with Gasteiger partial charge in [0.1, 0.15) is 15.7 Å². The third kappa shape index (κ3) is 3.43. The number of benzene rings is 1. The van der Waals surface area contributed by atoms with Crippen LogP contribution < -0.4 is 5.73 Å². The first-order chi connectivity index (χ1) is 6.38. The SMILES string of the molecule is CS(=O)(=O)CC(N)c1cccc(F)c1. The molecule has 0 aliphatic carbocycles. The second-order valence-corrected chi connectivity index (χ2v) is 5.44. The zero-order valence-corrected chi connectivity index (χ0v) is 8.59. The van der Waals surface area contributed by atoms with Gasteiger partial charge < -0.3 is 5.73 Å². The van der Waals surface area contributed by atoms with Crippen LogP contribution in [0.4, 0.5) is 4.39 Å². The normalized spacial score (nSPS) is 13.9. The van der Waals surface area contributed by atoms with Crippen LogP contribution in [0, 0.1) is 5.82 Å². The van der Waals surface area contributed by atoms with Crippen molar-refractivity contribution in [3.63, 3.8) is 0 Å². The molecule has 0 fully saturated rings. The first kappa shape index (κ1) is 11.1. The minimum Gasteiger partial charge on any atom is -0.323 e. The fraction of sp³-hybridized carbons (Fsp3) is 0.333. The van der Waals surface area contributed by atoms with Crippen molar-refractivity contribution in [2.45, 2.75) is 6.04 Å². The minimum absolute atomic E-state index is 0.170. The van der Waals surface area contributed by atoms with Crippen molar-refractivity contribution < 1.29 is 12.8 Å². The van der Waals surface area contributed by atoms with Gasteiger partial charge in [-0.25, -0.2) is 12.8 Å². The minimum atomic E-state index is -3.13. The molecule has 0 aliphatic heterocycles. The van der Waals surface area contributed by atoms with Gasteiger partial charge in [0.05, 0.1) is 5.75 Å². The van der Waals surface area contributed by atoms with E-state index in [1.54, 1.807) is 6.07 Å². The highest BCUT2D eigenvalue weighted by atomic mass is 32.2. The maximum atomic E-state index is 12.8.